The van der Waals surface area contributed by atoms with Crippen molar-refractivity contribution in [1.29, 1.82) is 0 Å². The molecule has 1 aromatic rings. The number of primary amides is 1. The monoisotopic (exact) mass is 221 g/mol. The van der Waals surface area contributed by atoms with Gasteiger partial charge in [0.25, 0.3) is 0 Å². The zero-order chi connectivity index (χ0) is 12.3. The zero-order valence-corrected chi connectivity index (χ0v) is 10.3. The molecule has 1 rings (SSSR count). The van der Waals surface area contributed by atoms with E-state index in [1.54, 1.807) is 0 Å². The molecular weight excluding hydrogens is 202 g/mol. The number of likely N-dealkylation sites (N-methyl/N-ethyl adjacent to an activating group) is 1. The molecule has 1 aromatic carbocycles. The molecule has 0 aromatic heterocycles. The van der Waals surface area contributed by atoms with Gasteiger partial charge in [0.05, 0.1) is 0 Å². The Bertz CT molecular complexity index is 357. The molecule has 1 unspecified atom stereocenters. The molecule has 0 saturated heterocycles. The van der Waals surface area contributed by atoms with Gasteiger partial charge in [-0.25, -0.2) is 0 Å². The normalized spacial score (nSPS) is 12.6. The quantitative estimate of drug-likeness (QED) is 0.819. The van der Waals surface area contributed by atoms with Gasteiger partial charge in [-0.2, -0.15) is 0 Å². The second-order valence-electron chi connectivity index (χ2n) is 4.25. The van der Waals surface area contributed by atoms with Crippen molar-refractivity contribution in [3.8, 4) is 0 Å². The summed E-state index contributed by atoms with van der Waals surface area (Å²) in [7, 11) is 7.64. The van der Waals surface area contributed by atoms with Gasteiger partial charge in [0.1, 0.15) is 6.04 Å². The van der Waals surface area contributed by atoms with Crippen LogP contribution in [-0.4, -0.2) is 39.0 Å². The van der Waals surface area contributed by atoms with Crippen LogP contribution in [0.1, 0.15) is 11.6 Å². The van der Waals surface area contributed by atoms with Gasteiger partial charge in [0.15, 0.2) is 0 Å². The molecule has 0 aliphatic heterocycles. The average molecular weight is 221 g/mol. The first kappa shape index (κ1) is 12.5. The van der Waals surface area contributed by atoms with Crippen LogP contribution >= 0.6 is 0 Å². The lowest BCUT2D eigenvalue weighted by Gasteiger charge is -2.22. The first-order valence-electron chi connectivity index (χ1n) is 5.16. The summed E-state index contributed by atoms with van der Waals surface area (Å²) in [4.78, 5) is 15.2. The van der Waals surface area contributed by atoms with Gasteiger partial charge in [-0.05, 0) is 31.8 Å². The number of carbonyl (C=O) groups is 1. The van der Waals surface area contributed by atoms with Crippen molar-refractivity contribution in [3.05, 3.63) is 29.8 Å². The third kappa shape index (κ3) is 2.73. The fourth-order valence-electron chi connectivity index (χ4n) is 1.67. The van der Waals surface area contributed by atoms with E-state index >= 15 is 0 Å². The second-order valence-corrected chi connectivity index (χ2v) is 4.25. The van der Waals surface area contributed by atoms with Crippen LogP contribution in [0.15, 0.2) is 24.3 Å². The Hall–Kier alpha value is -1.55. The summed E-state index contributed by atoms with van der Waals surface area (Å²) in [6, 6.07) is 7.47. The van der Waals surface area contributed by atoms with E-state index in [1.807, 2.05) is 62.3 Å². The molecule has 4 heteroatoms. The number of benzene rings is 1. The Kier molecular flexibility index (Phi) is 3.90. The van der Waals surface area contributed by atoms with Gasteiger partial charge in [-0.15, -0.1) is 0 Å². The van der Waals surface area contributed by atoms with Crippen molar-refractivity contribution < 1.29 is 4.79 Å². The molecule has 2 N–H and O–H groups in total. The number of amides is 1. The lowest BCUT2D eigenvalue weighted by Crippen LogP contribution is -2.32. The minimum Gasteiger partial charge on any atom is -0.378 e. The molecule has 0 fully saturated rings. The molecule has 1 amide bonds. The summed E-state index contributed by atoms with van der Waals surface area (Å²) < 4.78 is 0. The number of hydrogen-bond acceptors (Lipinski definition) is 3. The van der Waals surface area contributed by atoms with Crippen molar-refractivity contribution in [2.75, 3.05) is 33.1 Å². The number of hydrogen-bond donors (Lipinski definition) is 1. The van der Waals surface area contributed by atoms with Crippen LogP contribution < -0.4 is 10.6 Å². The van der Waals surface area contributed by atoms with E-state index < -0.39 is 0 Å². The Morgan fingerprint density at radius 1 is 1.12 bits per heavy atom. The van der Waals surface area contributed by atoms with E-state index in [-0.39, 0.29) is 11.9 Å². The van der Waals surface area contributed by atoms with Gasteiger partial charge in [-0.1, -0.05) is 12.1 Å². The highest BCUT2D eigenvalue weighted by atomic mass is 16.1. The fourth-order valence-corrected chi connectivity index (χ4v) is 1.67. The maximum absolute atomic E-state index is 11.3. The minimum atomic E-state index is -0.365. The maximum Gasteiger partial charge on any atom is 0.239 e. The molecule has 0 spiro atoms. The van der Waals surface area contributed by atoms with Crippen molar-refractivity contribution in [2.45, 2.75) is 6.04 Å². The molecule has 0 aliphatic rings. The lowest BCUT2D eigenvalue weighted by molar-refractivity contribution is -0.122. The first-order chi connectivity index (χ1) is 7.43. The summed E-state index contributed by atoms with van der Waals surface area (Å²) >= 11 is 0. The number of rotatable bonds is 4. The standard InChI is InChI=1S/C12H19N3O/c1-14(2)10-7-5-9(6-8-10)11(12(13)16)15(3)4/h5-8,11H,1-4H3,(H2,13,16). The van der Waals surface area contributed by atoms with E-state index in [1.165, 1.54) is 0 Å². The summed E-state index contributed by atoms with van der Waals surface area (Å²) in [5.41, 5.74) is 7.40. The van der Waals surface area contributed by atoms with Crippen LogP contribution in [0.2, 0.25) is 0 Å². The van der Waals surface area contributed by atoms with Gasteiger partial charge in [0, 0.05) is 19.8 Å². The largest absolute Gasteiger partial charge is 0.378 e. The Morgan fingerprint density at radius 3 is 1.94 bits per heavy atom. The molecule has 0 bridgehead atoms. The Morgan fingerprint density at radius 2 is 1.62 bits per heavy atom. The molecule has 1 atom stereocenters. The van der Waals surface area contributed by atoms with Crippen molar-refractivity contribution in [2.24, 2.45) is 5.73 Å². The maximum atomic E-state index is 11.3. The number of carbonyl (C=O) groups excluding carboxylic acids is 1. The van der Waals surface area contributed by atoms with Gasteiger partial charge >= 0.3 is 0 Å². The summed E-state index contributed by atoms with van der Waals surface area (Å²) in [6.45, 7) is 0. The predicted molar refractivity (Wildman–Crippen MR) is 66.4 cm³/mol. The van der Waals surface area contributed by atoms with Crippen molar-refractivity contribution in [3.63, 3.8) is 0 Å². The van der Waals surface area contributed by atoms with Crippen LogP contribution in [0.25, 0.3) is 0 Å². The van der Waals surface area contributed by atoms with Crippen LogP contribution in [0.5, 0.6) is 0 Å². The summed E-state index contributed by atoms with van der Waals surface area (Å²) in [6.07, 6.45) is 0. The number of nitrogens with two attached hydrogens (primary N) is 1. The van der Waals surface area contributed by atoms with E-state index in [2.05, 4.69) is 0 Å². The highest BCUT2D eigenvalue weighted by Crippen LogP contribution is 2.20. The molecule has 0 radical (unpaired) electrons. The molecule has 0 saturated carbocycles. The van der Waals surface area contributed by atoms with E-state index in [9.17, 15) is 4.79 Å². The van der Waals surface area contributed by atoms with E-state index in [0.717, 1.165) is 11.3 Å². The van der Waals surface area contributed by atoms with Crippen molar-refractivity contribution >= 4 is 11.6 Å². The highest BCUT2D eigenvalue weighted by Gasteiger charge is 2.19. The van der Waals surface area contributed by atoms with Crippen LogP contribution in [-0.2, 0) is 4.79 Å². The Balaban J connectivity index is 2.99. The first-order valence-corrected chi connectivity index (χ1v) is 5.16. The molecule has 4 nitrogen and oxygen atoms in total. The van der Waals surface area contributed by atoms with Gasteiger partial charge in [-0.3, -0.25) is 9.69 Å². The smallest absolute Gasteiger partial charge is 0.239 e. The van der Waals surface area contributed by atoms with E-state index in [0.29, 0.717) is 0 Å². The van der Waals surface area contributed by atoms with Crippen LogP contribution in [0.3, 0.4) is 0 Å². The highest BCUT2D eigenvalue weighted by molar-refractivity contribution is 5.81. The molecule has 0 aliphatic carbocycles. The minimum absolute atomic E-state index is 0.331. The third-order valence-corrected chi connectivity index (χ3v) is 2.51. The van der Waals surface area contributed by atoms with Gasteiger partial charge < -0.3 is 10.6 Å². The summed E-state index contributed by atoms with van der Waals surface area (Å²) in [5, 5.41) is 0. The number of nitrogens with zero attached hydrogens (tertiary/aromatic N) is 2. The predicted octanol–water partition coefficient (Wildman–Crippen LogP) is 0.841. The fraction of sp³-hybridized carbons (Fsp3) is 0.417. The van der Waals surface area contributed by atoms with E-state index in [4.69, 9.17) is 5.73 Å². The molecule has 16 heavy (non-hydrogen) atoms. The SMILES string of the molecule is CN(C)c1ccc(C(C(N)=O)N(C)C)cc1. The Labute approximate surface area is 96.6 Å². The van der Waals surface area contributed by atoms with Crippen LogP contribution in [0.4, 0.5) is 5.69 Å². The van der Waals surface area contributed by atoms with Crippen LogP contribution in [0, 0.1) is 0 Å². The second kappa shape index (κ2) is 4.99. The summed E-state index contributed by atoms with van der Waals surface area (Å²) in [5.74, 6) is -0.331. The van der Waals surface area contributed by atoms with Gasteiger partial charge in [0.2, 0.25) is 5.91 Å². The molecular formula is C12H19N3O. The number of anilines is 1. The lowest BCUT2D eigenvalue weighted by atomic mass is 10.1. The average Bonchev–Trinajstić information content (AvgIpc) is 2.17. The topological polar surface area (TPSA) is 49.6 Å². The molecule has 88 valence electrons. The van der Waals surface area contributed by atoms with Crippen molar-refractivity contribution in [1.82, 2.24) is 4.90 Å². The molecule has 0 heterocycles. The zero-order valence-electron chi connectivity index (χ0n) is 10.3. The third-order valence-electron chi connectivity index (χ3n) is 2.51.